The maximum atomic E-state index is 11.1. The summed E-state index contributed by atoms with van der Waals surface area (Å²) in [6, 6.07) is 0. The third kappa shape index (κ3) is 0.278. The van der Waals surface area contributed by atoms with E-state index < -0.39 is 18.5 Å². The molecule has 0 aromatic rings. The smallest absolute Gasteiger partial charge is 0.181 e. The van der Waals surface area contributed by atoms with E-state index in [1.165, 1.54) is 0 Å². The van der Waals surface area contributed by atoms with Crippen LogP contribution < -0.4 is 0 Å². The van der Waals surface area contributed by atoms with E-state index in [0.717, 1.165) is 0 Å². The quantitative estimate of drug-likeness (QED) is 0.396. The predicted octanol–water partition coefficient (Wildman–Crippen LogP) is 1.18. The molecule has 1 fully saturated rings. The van der Waals surface area contributed by atoms with E-state index >= 15 is 0 Å². The summed E-state index contributed by atoms with van der Waals surface area (Å²) in [5.74, 6) is 0. The van der Waals surface area contributed by atoms with Crippen LogP contribution in [0.25, 0.3) is 0 Å². The summed E-state index contributed by atoms with van der Waals surface area (Å²) in [5, 5.41) is 0. The van der Waals surface area contributed by atoms with E-state index in [2.05, 4.69) is 0 Å². The first-order valence-electron chi connectivity index (χ1n) is 1.54. The van der Waals surface area contributed by atoms with E-state index in [-0.39, 0.29) is 0 Å². The van der Waals surface area contributed by atoms with Gasteiger partial charge in [-0.05, 0) is 4.39 Å². The molecule has 0 aliphatic heterocycles. The molecule has 2 unspecified atom stereocenters. The zero-order valence-corrected chi connectivity index (χ0v) is 2.79. The van der Waals surface area contributed by atoms with Gasteiger partial charge in [-0.15, -0.1) is 0 Å². The number of halogens is 3. The van der Waals surface area contributed by atoms with Crippen molar-refractivity contribution in [1.82, 2.24) is 0 Å². The van der Waals surface area contributed by atoms with Crippen molar-refractivity contribution in [2.45, 2.75) is 12.3 Å². The summed E-state index contributed by atoms with van der Waals surface area (Å²) in [5.41, 5.74) is 0. The first kappa shape index (κ1) is 3.84. The fourth-order valence-electron chi connectivity index (χ4n) is 0.176. The van der Waals surface area contributed by atoms with Crippen molar-refractivity contribution in [1.29, 1.82) is 0 Å². The zero-order valence-electron chi connectivity index (χ0n) is 2.79. The topological polar surface area (TPSA) is 0 Å². The summed E-state index contributed by atoms with van der Waals surface area (Å²) in [6.45, 7) is 0. The highest BCUT2D eigenvalue weighted by Gasteiger charge is 2.72. The van der Waals surface area contributed by atoms with Crippen molar-refractivity contribution in [3.05, 3.63) is 6.17 Å². The minimum atomic E-state index is -1.90. The Labute approximate surface area is 33.0 Å². The first-order valence-corrected chi connectivity index (χ1v) is 1.54. The number of alkyl halides is 2. The van der Waals surface area contributed by atoms with Gasteiger partial charge in [0.05, 0.1) is 0 Å². The van der Waals surface area contributed by atoms with Crippen molar-refractivity contribution < 1.29 is 13.2 Å². The lowest BCUT2D eigenvalue weighted by Crippen LogP contribution is -1.68. The summed E-state index contributed by atoms with van der Waals surface area (Å²) >= 11 is 0. The Hall–Kier alpha value is -0.340. The molecular weight excluding hydrogens is 93.0 g/mol. The van der Waals surface area contributed by atoms with Crippen LogP contribution in [-0.4, -0.2) is 12.3 Å². The maximum Gasteiger partial charge on any atom is 0.385 e. The van der Waals surface area contributed by atoms with Crippen LogP contribution in [0.1, 0.15) is 0 Å². The highest BCUT2D eigenvalue weighted by Crippen LogP contribution is 2.40. The number of hydrogen-bond acceptors (Lipinski definition) is 0. The number of rotatable bonds is 0. The summed E-state index contributed by atoms with van der Waals surface area (Å²) in [4.78, 5) is 0. The van der Waals surface area contributed by atoms with Crippen LogP contribution in [0.5, 0.6) is 0 Å². The largest absolute Gasteiger partial charge is 0.385 e. The van der Waals surface area contributed by atoms with Crippen molar-refractivity contribution in [2.24, 2.45) is 0 Å². The molecule has 3 heteroatoms. The Morgan fingerprint density at radius 3 is 1.33 bits per heavy atom. The Morgan fingerprint density at radius 2 is 1.33 bits per heavy atom. The average Bonchev–Trinajstić information content (AvgIpc) is 1.94. The van der Waals surface area contributed by atoms with Gasteiger partial charge in [0.15, 0.2) is 0 Å². The second kappa shape index (κ2) is 0.832. The fourth-order valence-corrected chi connectivity index (χ4v) is 0.176. The molecule has 0 nitrogen and oxygen atoms in total. The summed E-state index contributed by atoms with van der Waals surface area (Å²) < 4.78 is 33.3. The standard InChI is InChI=1S/C3H2F3/c4-1-2(5)3(1)6/h1-2H/q+1. The summed E-state index contributed by atoms with van der Waals surface area (Å²) in [6.07, 6.45) is -4.95. The molecule has 0 aromatic carbocycles. The van der Waals surface area contributed by atoms with Crippen LogP contribution in [0.4, 0.5) is 13.2 Å². The Morgan fingerprint density at radius 1 is 1.17 bits per heavy atom. The molecule has 1 aliphatic rings. The normalized spacial score (nSPS) is 43.5. The second-order valence-corrected chi connectivity index (χ2v) is 1.19. The lowest BCUT2D eigenvalue weighted by Gasteiger charge is -1.44. The molecule has 0 saturated heterocycles. The predicted molar refractivity (Wildman–Crippen MR) is 14.1 cm³/mol. The Balaban J connectivity index is 2.31. The SMILES string of the molecule is F[C+]1C(F)C1F. The second-order valence-electron chi connectivity index (χ2n) is 1.19. The zero-order chi connectivity index (χ0) is 4.73. The van der Waals surface area contributed by atoms with Crippen molar-refractivity contribution in [3.8, 4) is 0 Å². The third-order valence-corrected chi connectivity index (χ3v) is 0.675. The third-order valence-electron chi connectivity index (χ3n) is 0.675. The highest BCUT2D eigenvalue weighted by molar-refractivity contribution is 5.17. The van der Waals surface area contributed by atoms with E-state index in [1.807, 2.05) is 0 Å². The van der Waals surface area contributed by atoms with Gasteiger partial charge < -0.3 is 0 Å². The molecule has 1 rings (SSSR count). The molecule has 0 heterocycles. The lowest BCUT2D eigenvalue weighted by atomic mass is 10.9. The van der Waals surface area contributed by atoms with Gasteiger partial charge in [-0.2, -0.15) is 8.78 Å². The molecule has 34 valence electrons. The molecule has 0 bridgehead atoms. The van der Waals surface area contributed by atoms with Crippen LogP contribution in [0, 0.1) is 6.17 Å². The molecule has 0 N–H and O–H groups in total. The van der Waals surface area contributed by atoms with Gasteiger partial charge in [-0.25, -0.2) is 0 Å². The molecule has 1 saturated carbocycles. The maximum absolute atomic E-state index is 11.1. The van der Waals surface area contributed by atoms with Gasteiger partial charge in [0, 0.05) is 0 Å². The van der Waals surface area contributed by atoms with Gasteiger partial charge in [-0.1, -0.05) is 0 Å². The van der Waals surface area contributed by atoms with Crippen molar-refractivity contribution in [3.63, 3.8) is 0 Å². The lowest BCUT2D eigenvalue weighted by molar-refractivity contribution is 0.372. The van der Waals surface area contributed by atoms with Crippen LogP contribution in [-0.2, 0) is 0 Å². The molecule has 0 spiro atoms. The van der Waals surface area contributed by atoms with Crippen LogP contribution in [0.2, 0.25) is 0 Å². The minimum Gasteiger partial charge on any atom is -0.181 e. The minimum absolute atomic E-state index is 1.16. The molecule has 0 aromatic heterocycles. The molecule has 2 atom stereocenters. The van der Waals surface area contributed by atoms with E-state index in [0.29, 0.717) is 0 Å². The molecule has 6 heavy (non-hydrogen) atoms. The Kier molecular flexibility index (Phi) is 0.532. The van der Waals surface area contributed by atoms with Crippen LogP contribution in [0.3, 0.4) is 0 Å². The van der Waals surface area contributed by atoms with Crippen LogP contribution in [0.15, 0.2) is 0 Å². The monoisotopic (exact) mass is 95.0 g/mol. The molecule has 1 aliphatic carbocycles. The van der Waals surface area contributed by atoms with E-state index in [9.17, 15) is 13.2 Å². The first-order chi connectivity index (χ1) is 2.73. The Bertz CT molecular complexity index is 42.8. The average molecular weight is 95.0 g/mol. The molecule has 0 radical (unpaired) electrons. The highest BCUT2D eigenvalue weighted by atomic mass is 19.2. The van der Waals surface area contributed by atoms with E-state index in [1.54, 1.807) is 0 Å². The van der Waals surface area contributed by atoms with Gasteiger partial charge in [0.2, 0.25) is 0 Å². The molecule has 0 amide bonds. The fraction of sp³-hybridized carbons (Fsp3) is 0.667. The van der Waals surface area contributed by atoms with Crippen LogP contribution >= 0.6 is 0 Å². The van der Waals surface area contributed by atoms with Gasteiger partial charge in [0.1, 0.15) is 0 Å². The van der Waals surface area contributed by atoms with Gasteiger partial charge in [0.25, 0.3) is 0 Å². The van der Waals surface area contributed by atoms with Gasteiger partial charge in [-0.3, -0.25) is 0 Å². The van der Waals surface area contributed by atoms with Crippen molar-refractivity contribution >= 4 is 0 Å². The van der Waals surface area contributed by atoms with Gasteiger partial charge >= 0.3 is 18.5 Å². The molecular formula is C3H2F3+. The van der Waals surface area contributed by atoms with Crippen molar-refractivity contribution in [2.75, 3.05) is 0 Å². The van der Waals surface area contributed by atoms with E-state index in [4.69, 9.17) is 0 Å². The summed E-state index contributed by atoms with van der Waals surface area (Å²) in [7, 11) is 0. The number of hydrogen-bond donors (Lipinski definition) is 0.